The average Bonchev–Trinajstić information content (AvgIpc) is 2.79. The van der Waals surface area contributed by atoms with Crippen LogP contribution in [0.2, 0.25) is 0 Å². The number of halogens is 2. The summed E-state index contributed by atoms with van der Waals surface area (Å²) in [6.07, 6.45) is 1.45. The second-order valence-electron chi connectivity index (χ2n) is 3.41. The quantitative estimate of drug-likeness (QED) is 0.876. The van der Waals surface area contributed by atoms with E-state index in [2.05, 4.69) is 8.75 Å². The number of hydrogen-bond donors (Lipinski definition) is 1. The Kier molecular flexibility index (Phi) is 2.93. The first-order chi connectivity index (χ1) is 7.61. The molecule has 1 atom stereocenters. The molecule has 0 amide bonds. The number of hydrogen-bond acceptors (Lipinski definition) is 4. The molecule has 0 fully saturated rings. The molecule has 0 bridgehead atoms. The summed E-state index contributed by atoms with van der Waals surface area (Å²) < 4.78 is 34.6. The molecular weight excluding hydrogens is 232 g/mol. The number of nitrogens with two attached hydrogens (primary N) is 1. The van der Waals surface area contributed by atoms with Crippen LogP contribution in [0.4, 0.5) is 8.78 Å². The van der Waals surface area contributed by atoms with Gasteiger partial charge in [0.05, 0.1) is 29.7 Å². The minimum atomic E-state index is -0.916. The summed E-state index contributed by atoms with van der Waals surface area (Å²) in [5.74, 6) is -1.78. The predicted octanol–water partition coefficient (Wildman–Crippen LogP) is 2.17. The standard InChI is InChI=1S/C10H9F2N3S/c1-5-2-3-6(9(12)8(5)11)10(13)7-4-14-16-15-7/h2-4,10H,13H2,1H3. The molecule has 0 spiro atoms. The van der Waals surface area contributed by atoms with Crippen molar-refractivity contribution in [2.75, 3.05) is 0 Å². The lowest BCUT2D eigenvalue weighted by Gasteiger charge is -2.11. The maximum absolute atomic E-state index is 13.6. The molecule has 1 heterocycles. The highest BCUT2D eigenvalue weighted by molar-refractivity contribution is 6.99. The van der Waals surface area contributed by atoms with Crippen molar-refractivity contribution < 1.29 is 8.78 Å². The number of nitrogens with zero attached hydrogens (tertiary/aromatic N) is 2. The van der Waals surface area contributed by atoms with E-state index in [4.69, 9.17) is 5.73 Å². The zero-order chi connectivity index (χ0) is 11.7. The molecule has 0 aliphatic heterocycles. The summed E-state index contributed by atoms with van der Waals surface area (Å²) in [4.78, 5) is 0. The van der Waals surface area contributed by atoms with Crippen LogP contribution in [-0.2, 0) is 0 Å². The lowest BCUT2D eigenvalue weighted by atomic mass is 10.0. The zero-order valence-electron chi connectivity index (χ0n) is 8.45. The maximum atomic E-state index is 13.6. The second-order valence-corrected chi connectivity index (χ2v) is 3.97. The first kappa shape index (κ1) is 11.1. The molecule has 84 valence electrons. The third-order valence-electron chi connectivity index (χ3n) is 2.34. The molecule has 0 aliphatic rings. The number of rotatable bonds is 2. The second kappa shape index (κ2) is 4.23. The highest BCUT2D eigenvalue weighted by Gasteiger charge is 2.19. The number of aryl methyl sites for hydroxylation is 1. The summed E-state index contributed by atoms with van der Waals surface area (Å²) in [6, 6.07) is 2.18. The fourth-order valence-corrected chi connectivity index (χ4v) is 1.83. The first-order valence-corrected chi connectivity index (χ1v) is 5.32. The van der Waals surface area contributed by atoms with Gasteiger partial charge in [-0.2, -0.15) is 8.75 Å². The Morgan fingerprint density at radius 3 is 2.69 bits per heavy atom. The molecule has 0 radical (unpaired) electrons. The largest absolute Gasteiger partial charge is 0.319 e. The molecule has 3 nitrogen and oxygen atoms in total. The van der Waals surface area contributed by atoms with Crippen LogP contribution in [0.5, 0.6) is 0 Å². The van der Waals surface area contributed by atoms with Gasteiger partial charge in [-0.05, 0) is 12.5 Å². The van der Waals surface area contributed by atoms with Crippen LogP contribution in [0.1, 0.15) is 22.9 Å². The molecule has 2 aromatic rings. The van der Waals surface area contributed by atoms with Crippen molar-refractivity contribution >= 4 is 11.7 Å². The fourth-order valence-electron chi connectivity index (χ4n) is 1.37. The van der Waals surface area contributed by atoms with Gasteiger partial charge in [0.2, 0.25) is 0 Å². The van der Waals surface area contributed by atoms with Crippen molar-refractivity contribution in [3.05, 3.63) is 46.8 Å². The molecule has 0 aliphatic carbocycles. The third kappa shape index (κ3) is 1.81. The van der Waals surface area contributed by atoms with E-state index in [0.717, 1.165) is 11.7 Å². The van der Waals surface area contributed by atoms with E-state index in [-0.39, 0.29) is 11.1 Å². The van der Waals surface area contributed by atoms with Gasteiger partial charge in [-0.25, -0.2) is 8.78 Å². The molecule has 0 saturated heterocycles. The lowest BCUT2D eigenvalue weighted by molar-refractivity contribution is 0.489. The van der Waals surface area contributed by atoms with E-state index in [1.165, 1.54) is 25.3 Å². The summed E-state index contributed by atoms with van der Waals surface area (Å²) in [5.41, 5.74) is 6.56. The first-order valence-electron chi connectivity index (χ1n) is 4.58. The molecule has 1 aromatic heterocycles. The van der Waals surface area contributed by atoms with Crippen LogP contribution in [0.3, 0.4) is 0 Å². The SMILES string of the molecule is Cc1ccc(C(N)c2cnsn2)c(F)c1F. The van der Waals surface area contributed by atoms with Gasteiger partial charge in [0.1, 0.15) is 0 Å². The molecule has 0 saturated carbocycles. The van der Waals surface area contributed by atoms with Crippen LogP contribution >= 0.6 is 11.7 Å². The lowest BCUT2D eigenvalue weighted by Crippen LogP contribution is -2.15. The van der Waals surface area contributed by atoms with Gasteiger partial charge in [-0.1, -0.05) is 12.1 Å². The van der Waals surface area contributed by atoms with Crippen molar-refractivity contribution in [2.45, 2.75) is 13.0 Å². The topological polar surface area (TPSA) is 51.8 Å². The number of benzene rings is 1. The van der Waals surface area contributed by atoms with Crippen LogP contribution in [0.15, 0.2) is 18.3 Å². The predicted molar refractivity (Wildman–Crippen MR) is 57.0 cm³/mol. The Labute approximate surface area is 95.3 Å². The molecule has 6 heteroatoms. The maximum Gasteiger partial charge on any atom is 0.164 e. The number of aromatic nitrogens is 2. The van der Waals surface area contributed by atoms with Gasteiger partial charge < -0.3 is 5.73 Å². The average molecular weight is 241 g/mol. The minimum Gasteiger partial charge on any atom is -0.319 e. The summed E-state index contributed by atoms with van der Waals surface area (Å²) in [6.45, 7) is 1.50. The summed E-state index contributed by atoms with van der Waals surface area (Å²) in [7, 11) is 0. The smallest absolute Gasteiger partial charge is 0.164 e. The zero-order valence-corrected chi connectivity index (χ0v) is 9.26. The van der Waals surface area contributed by atoms with E-state index in [1.54, 1.807) is 0 Å². The van der Waals surface area contributed by atoms with E-state index in [1.807, 2.05) is 0 Å². The molecule has 16 heavy (non-hydrogen) atoms. The van der Waals surface area contributed by atoms with Crippen LogP contribution in [0.25, 0.3) is 0 Å². The van der Waals surface area contributed by atoms with Gasteiger partial charge in [-0.3, -0.25) is 0 Å². The summed E-state index contributed by atoms with van der Waals surface area (Å²) in [5, 5.41) is 0. The molecule has 2 rings (SSSR count). The summed E-state index contributed by atoms with van der Waals surface area (Å²) >= 11 is 0.980. The van der Waals surface area contributed by atoms with Crippen molar-refractivity contribution in [1.29, 1.82) is 0 Å². The van der Waals surface area contributed by atoms with E-state index < -0.39 is 17.7 Å². The minimum absolute atomic E-state index is 0.0933. The fraction of sp³-hybridized carbons (Fsp3) is 0.200. The molecular formula is C10H9F2N3S. The highest BCUT2D eigenvalue weighted by atomic mass is 32.1. The van der Waals surface area contributed by atoms with E-state index in [0.29, 0.717) is 5.69 Å². The van der Waals surface area contributed by atoms with Gasteiger partial charge >= 0.3 is 0 Å². The van der Waals surface area contributed by atoms with Crippen molar-refractivity contribution in [3.8, 4) is 0 Å². The van der Waals surface area contributed by atoms with Crippen molar-refractivity contribution in [3.63, 3.8) is 0 Å². The van der Waals surface area contributed by atoms with Gasteiger partial charge in [-0.15, -0.1) is 0 Å². The van der Waals surface area contributed by atoms with Gasteiger partial charge in [0, 0.05) is 5.56 Å². The Morgan fingerprint density at radius 2 is 2.06 bits per heavy atom. The van der Waals surface area contributed by atoms with Gasteiger partial charge in [0.25, 0.3) is 0 Å². The van der Waals surface area contributed by atoms with Crippen molar-refractivity contribution in [2.24, 2.45) is 5.73 Å². The Hall–Kier alpha value is -1.40. The normalized spacial score (nSPS) is 12.8. The highest BCUT2D eigenvalue weighted by Crippen LogP contribution is 2.24. The van der Waals surface area contributed by atoms with Crippen LogP contribution in [-0.4, -0.2) is 8.75 Å². The molecule has 2 N–H and O–H groups in total. The van der Waals surface area contributed by atoms with Crippen LogP contribution < -0.4 is 5.73 Å². The third-order valence-corrected chi connectivity index (χ3v) is 2.83. The Morgan fingerprint density at radius 1 is 1.31 bits per heavy atom. The van der Waals surface area contributed by atoms with Crippen molar-refractivity contribution in [1.82, 2.24) is 8.75 Å². The van der Waals surface area contributed by atoms with E-state index >= 15 is 0 Å². The van der Waals surface area contributed by atoms with Crippen LogP contribution in [0, 0.1) is 18.6 Å². The molecule has 1 aromatic carbocycles. The monoisotopic (exact) mass is 241 g/mol. The van der Waals surface area contributed by atoms with E-state index in [9.17, 15) is 8.78 Å². The molecule has 1 unspecified atom stereocenters. The Bertz CT molecular complexity index is 499. The van der Waals surface area contributed by atoms with Gasteiger partial charge in [0.15, 0.2) is 11.6 Å². The Balaban J connectivity index is 2.45.